The molecule has 0 spiro atoms. The third kappa shape index (κ3) is 3.36. The summed E-state index contributed by atoms with van der Waals surface area (Å²) in [6.45, 7) is 4.40. The Kier molecular flexibility index (Phi) is 5.35. The van der Waals surface area contributed by atoms with Crippen molar-refractivity contribution in [3.63, 3.8) is 0 Å². The summed E-state index contributed by atoms with van der Waals surface area (Å²) in [6, 6.07) is -0.164. The maximum Gasteiger partial charge on any atom is 0.268 e. The number of carbonyl (C=O) groups is 4. The Bertz CT molecular complexity index is 720. The molecule has 2 heterocycles. The molecule has 26 heavy (non-hydrogen) atoms. The molecule has 4 unspecified atom stereocenters. The Morgan fingerprint density at radius 2 is 1.62 bits per heavy atom. The van der Waals surface area contributed by atoms with Gasteiger partial charge in [-0.05, 0) is 37.0 Å². The van der Waals surface area contributed by atoms with E-state index in [4.69, 9.17) is 24.4 Å². The van der Waals surface area contributed by atoms with Gasteiger partial charge in [-0.2, -0.15) is 0 Å². The van der Waals surface area contributed by atoms with E-state index in [9.17, 15) is 19.2 Å². The second-order valence-electron chi connectivity index (χ2n) is 7.67. The van der Waals surface area contributed by atoms with Gasteiger partial charge in [0.2, 0.25) is 11.8 Å². The first-order valence-electron chi connectivity index (χ1n) is 8.97. The first-order valence-corrected chi connectivity index (χ1v) is 9.79. The van der Waals surface area contributed by atoms with Crippen molar-refractivity contribution < 1.29 is 19.2 Å². The average molecular weight is 395 g/mol. The quantitative estimate of drug-likeness (QED) is 0.534. The van der Waals surface area contributed by atoms with E-state index < -0.39 is 0 Å². The van der Waals surface area contributed by atoms with Gasteiger partial charge in [0.05, 0.1) is 22.6 Å². The van der Waals surface area contributed by atoms with E-state index in [0.717, 1.165) is 12.8 Å². The molecule has 1 aliphatic carbocycles. The zero-order chi connectivity index (χ0) is 19.2. The summed E-state index contributed by atoms with van der Waals surface area (Å²) >= 11 is 9.95. The maximum atomic E-state index is 12.3. The van der Waals surface area contributed by atoms with E-state index in [-0.39, 0.29) is 70.0 Å². The van der Waals surface area contributed by atoms with Crippen molar-refractivity contribution in [2.75, 3.05) is 6.54 Å². The highest BCUT2D eigenvalue weighted by Crippen LogP contribution is 2.38. The lowest BCUT2D eigenvalue weighted by atomic mass is 9.73. The maximum absolute atomic E-state index is 12.3. The minimum atomic E-state index is -0.354. The standard InChI is InChI=1S/C18H22N2O4S2/c1-9-3-4-11(5-12(9)20-16(22)7-14(26)18(20)24)10(2)8-19-15(21)6-13(25)17(19)23/h9-12H,3-8H2,1-2H3. The fraction of sp³-hybridized carbons (Fsp3) is 0.667. The zero-order valence-electron chi connectivity index (χ0n) is 14.9. The lowest BCUT2D eigenvalue weighted by molar-refractivity contribution is -0.142. The molecule has 140 valence electrons. The van der Waals surface area contributed by atoms with Gasteiger partial charge in [0, 0.05) is 12.6 Å². The number of likely N-dealkylation sites (tertiary alicyclic amines) is 2. The number of rotatable bonds is 4. The van der Waals surface area contributed by atoms with Crippen LogP contribution in [0, 0.1) is 17.8 Å². The van der Waals surface area contributed by atoms with Crippen LogP contribution in [-0.4, -0.2) is 55.7 Å². The molecule has 2 saturated heterocycles. The molecule has 3 aliphatic rings. The van der Waals surface area contributed by atoms with Crippen LogP contribution in [0.5, 0.6) is 0 Å². The van der Waals surface area contributed by atoms with Crippen molar-refractivity contribution in [1.29, 1.82) is 0 Å². The van der Waals surface area contributed by atoms with Gasteiger partial charge in [-0.3, -0.25) is 29.0 Å². The van der Waals surface area contributed by atoms with Crippen LogP contribution in [0.4, 0.5) is 0 Å². The van der Waals surface area contributed by atoms with Crippen molar-refractivity contribution in [2.45, 2.75) is 52.0 Å². The van der Waals surface area contributed by atoms with Crippen molar-refractivity contribution >= 4 is 57.8 Å². The molecule has 0 aromatic rings. The summed E-state index contributed by atoms with van der Waals surface area (Å²) in [5, 5.41) is 0. The highest BCUT2D eigenvalue weighted by atomic mass is 32.1. The number of nitrogens with zero attached hydrogens (tertiary/aromatic N) is 2. The monoisotopic (exact) mass is 394 g/mol. The number of carbonyl (C=O) groups excluding carboxylic acids is 4. The molecular weight excluding hydrogens is 372 g/mol. The molecule has 3 fully saturated rings. The van der Waals surface area contributed by atoms with Gasteiger partial charge in [0.1, 0.15) is 0 Å². The van der Waals surface area contributed by atoms with E-state index in [2.05, 4.69) is 6.92 Å². The second-order valence-corrected chi connectivity index (χ2v) is 8.66. The van der Waals surface area contributed by atoms with Crippen LogP contribution in [0.15, 0.2) is 0 Å². The first kappa shape index (κ1) is 19.2. The SMILES string of the molecule is CC(CN1C(=O)CC(=S)C1=O)C1CCC(C)C(N2C(=O)CC(=S)C2=O)C1. The predicted molar refractivity (Wildman–Crippen MR) is 102 cm³/mol. The Morgan fingerprint density at radius 1 is 1.00 bits per heavy atom. The van der Waals surface area contributed by atoms with Crippen molar-refractivity contribution in [3.8, 4) is 0 Å². The topological polar surface area (TPSA) is 74.8 Å². The molecule has 6 nitrogen and oxygen atoms in total. The molecule has 0 N–H and O–H groups in total. The van der Waals surface area contributed by atoms with Crippen LogP contribution in [0.25, 0.3) is 0 Å². The lowest BCUT2D eigenvalue weighted by Gasteiger charge is -2.41. The van der Waals surface area contributed by atoms with Crippen LogP contribution < -0.4 is 0 Å². The van der Waals surface area contributed by atoms with Gasteiger partial charge in [0.25, 0.3) is 11.8 Å². The summed E-state index contributed by atoms with van der Waals surface area (Å²) in [4.78, 5) is 51.5. The molecule has 1 saturated carbocycles. The summed E-state index contributed by atoms with van der Waals surface area (Å²) in [6.07, 6.45) is 2.58. The summed E-state index contributed by atoms with van der Waals surface area (Å²) in [7, 11) is 0. The average Bonchev–Trinajstić information content (AvgIpc) is 2.97. The highest BCUT2D eigenvalue weighted by molar-refractivity contribution is 7.82. The Balaban J connectivity index is 1.70. The molecule has 4 atom stereocenters. The van der Waals surface area contributed by atoms with Crippen molar-refractivity contribution in [2.24, 2.45) is 17.8 Å². The molecule has 0 radical (unpaired) electrons. The van der Waals surface area contributed by atoms with E-state index in [1.54, 1.807) is 0 Å². The number of imide groups is 2. The minimum Gasteiger partial charge on any atom is -0.277 e. The fourth-order valence-electron chi connectivity index (χ4n) is 4.28. The molecule has 4 amide bonds. The molecule has 0 bridgehead atoms. The van der Waals surface area contributed by atoms with Crippen LogP contribution >= 0.6 is 24.4 Å². The summed E-state index contributed by atoms with van der Waals surface area (Å²) in [5.74, 6) is -0.601. The Labute approximate surface area is 163 Å². The number of amides is 4. The van der Waals surface area contributed by atoms with E-state index in [1.165, 1.54) is 9.80 Å². The van der Waals surface area contributed by atoms with Crippen molar-refractivity contribution in [1.82, 2.24) is 9.80 Å². The second kappa shape index (κ2) is 7.23. The smallest absolute Gasteiger partial charge is 0.268 e. The molecule has 0 aromatic heterocycles. The van der Waals surface area contributed by atoms with Gasteiger partial charge in [-0.25, -0.2) is 0 Å². The predicted octanol–water partition coefficient (Wildman–Crippen LogP) is 1.68. The van der Waals surface area contributed by atoms with Crippen LogP contribution in [0.3, 0.4) is 0 Å². The largest absolute Gasteiger partial charge is 0.277 e. The normalized spacial score (nSPS) is 31.4. The Hall–Kier alpha value is -1.54. The highest BCUT2D eigenvalue weighted by Gasteiger charge is 2.44. The molecule has 2 aliphatic heterocycles. The summed E-state index contributed by atoms with van der Waals surface area (Å²) in [5.41, 5.74) is 0. The third-order valence-electron chi connectivity index (χ3n) is 5.94. The minimum absolute atomic E-state index is 0.0272. The number of hydrogen-bond acceptors (Lipinski definition) is 6. The lowest BCUT2D eigenvalue weighted by Crippen LogP contribution is -2.48. The van der Waals surface area contributed by atoms with Gasteiger partial charge < -0.3 is 0 Å². The number of thiocarbonyl (C=S) groups is 2. The fourth-order valence-corrected chi connectivity index (χ4v) is 4.74. The first-order chi connectivity index (χ1) is 12.2. The van der Waals surface area contributed by atoms with Gasteiger partial charge >= 0.3 is 0 Å². The van der Waals surface area contributed by atoms with E-state index in [0.29, 0.717) is 13.0 Å². The third-order valence-corrected chi connectivity index (χ3v) is 6.57. The van der Waals surface area contributed by atoms with Gasteiger partial charge in [0.15, 0.2) is 0 Å². The number of hydrogen-bond donors (Lipinski definition) is 0. The van der Waals surface area contributed by atoms with Crippen LogP contribution in [-0.2, 0) is 19.2 Å². The van der Waals surface area contributed by atoms with E-state index >= 15 is 0 Å². The van der Waals surface area contributed by atoms with Gasteiger partial charge in [-0.15, -0.1) is 0 Å². The van der Waals surface area contributed by atoms with Crippen LogP contribution in [0.1, 0.15) is 46.0 Å². The Morgan fingerprint density at radius 3 is 2.15 bits per heavy atom. The van der Waals surface area contributed by atoms with E-state index in [1.807, 2.05) is 6.92 Å². The molecule has 3 rings (SSSR count). The summed E-state index contributed by atoms with van der Waals surface area (Å²) < 4.78 is 0. The molecular formula is C18H22N2O4S2. The van der Waals surface area contributed by atoms with Crippen molar-refractivity contribution in [3.05, 3.63) is 0 Å². The van der Waals surface area contributed by atoms with Gasteiger partial charge in [-0.1, -0.05) is 38.3 Å². The molecule has 8 heteroatoms. The zero-order valence-corrected chi connectivity index (χ0v) is 16.5. The molecule has 0 aromatic carbocycles. The van der Waals surface area contributed by atoms with Crippen LogP contribution in [0.2, 0.25) is 0 Å².